The summed E-state index contributed by atoms with van der Waals surface area (Å²) in [6.45, 7) is 7.30. The molecule has 0 bridgehead atoms. The van der Waals surface area contributed by atoms with Crippen LogP contribution in [0.15, 0.2) is 23.2 Å². The van der Waals surface area contributed by atoms with Crippen molar-refractivity contribution < 1.29 is 18.6 Å². The number of halogens is 1. The zero-order chi connectivity index (χ0) is 21.0. The molecule has 0 saturated carbocycles. The monoisotopic (exact) mass is 422 g/mol. The molecule has 2 aliphatic rings. The number of hydrogen-bond acceptors (Lipinski definition) is 5. The molecule has 2 N–H and O–H groups in total. The van der Waals surface area contributed by atoms with E-state index in [1.807, 2.05) is 17.0 Å². The van der Waals surface area contributed by atoms with Crippen LogP contribution in [0, 0.1) is 11.7 Å². The van der Waals surface area contributed by atoms with E-state index in [2.05, 4.69) is 15.6 Å². The molecule has 2 aliphatic heterocycles. The lowest BCUT2D eigenvalue weighted by Crippen LogP contribution is -2.38. The van der Waals surface area contributed by atoms with Gasteiger partial charge in [-0.25, -0.2) is 4.39 Å². The maximum absolute atomic E-state index is 14.5. The van der Waals surface area contributed by atoms with Crippen LogP contribution < -0.4 is 15.5 Å². The van der Waals surface area contributed by atoms with Gasteiger partial charge in [-0.05, 0) is 42.9 Å². The molecule has 7 nitrogen and oxygen atoms in total. The summed E-state index contributed by atoms with van der Waals surface area (Å²) in [7, 11) is 1.74. The van der Waals surface area contributed by atoms with E-state index >= 15 is 0 Å². The van der Waals surface area contributed by atoms with Gasteiger partial charge in [-0.1, -0.05) is 6.07 Å². The first kappa shape index (κ1) is 22.8. The molecule has 2 saturated heterocycles. The van der Waals surface area contributed by atoms with Crippen LogP contribution in [0.3, 0.4) is 0 Å². The molecule has 2 fully saturated rings. The van der Waals surface area contributed by atoms with Crippen LogP contribution in [-0.4, -0.2) is 72.3 Å². The van der Waals surface area contributed by atoms with Gasteiger partial charge in [0.1, 0.15) is 5.82 Å². The molecule has 1 aromatic rings. The van der Waals surface area contributed by atoms with Crippen molar-refractivity contribution in [1.82, 2.24) is 10.6 Å². The van der Waals surface area contributed by atoms with E-state index in [1.54, 1.807) is 13.1 Å². The van der Waals surface area contributed by atoms with Crippen LogP contribution in [0.2, 0.25) is 0 Å². The molecular formula is C22H35FN4O3. The summed E-state index contributed by atoms with van der Waals surface area (Å²) in [5.41, 5.74) is 1.53. The van der Waals surface area contributed by atoms with E-state index in [1.165, 1.54) is 0 Å². The third-order valence-corrected chi connectivity index (χ3v) is 5.50. The number of morpholine rings is 1. The van der Waals surface area contributed by atoms with Gasteiger partial charge < -0.3 is 29.7 Å². The van der Waals surface area contributed by atoms with Crippen molar-refractivity contribution in [1.29, 1.82) is 0 Å². The summed E-state index contributed by atoms with van der Waals surface area (Å²) >= 11 is 0. The molecule has 0 atom stereocenters. The van der Waals surface area contributed by atoms with Gasteiger partial charge in [-0.15, -0.1) is 0 Å². The van der Waals surface area contributed by atoms with Crippen LogP contribution >= 0.6 is 0 Å². The normalized spacial score (nSPS) is 18.5. The lowest BCUT2D eigenvalue weighted by atomic mass is 10.0. The summed E-state index contributed by atoms with van der Waals surface area (Å²) in [5.74, 6) is 1.15. The fourth-order valence-electron chi connectivity index (χ4n) is 3.67. The molecule has 0 unspecified atom stereocenters. The van der Waals surface area contributed by atoms with E-state index < -0.39 is 0 Å². The van der Waals surface area contributed by atoms with Gasteiger partial charge >= 0.3 is 0 Å². The van der Waals surface area contributed by atoms with Crippen LogP contribution in [-0.2, 0) is 20.8 Å². The Morgan fingerprint density at radius 3 is 2.67 bits per heavy atom. The molecule has 0 radical (unpaired) electrons. The highest BCUT2D eigenvalue weighted by Crippen LogP contribution is 2.21. The number of anilines is 1. The topological polar surface area (TPSA) is 67.4 Å². The van der Waals surface area contributed by atoms with Gasteiger partial charge in [0.25, 0.3) is 0 Å². The minimum atomic E-state index is -0.194. The minimum absolute atomic E-state index is 0.194. The molecule has 30 heavy (non-hydrogen) atoms. The van der Waals surface area contributed by atoms with Crippen molar-refractivity contribution >= 4 is 11.6 Å². The number of nitrogens with one attached hydrogen (secondary N) is 2. The number of guanidine groups is 1. The van der Waals surface area contributed by atoms with E-state index in [0.29, 0.717) is 37.3 Å². The SMILES string of the molecule is CN=C(NCCCOCC1CCOCC1)NCc1ccc(N2CCOCC2)c(F)c1. The molecule has 0 aliphatic carbocycles. The molecule has 0 aromatic heterocycles. The van der Waals surface area contributed by atoms with E-state index in [0.717, 1.165) is 70.9 Å². The molecule has 1 aromatic carbocycles. The maximum atomic E-state index is 14.5. The zero-order valence-corrected chi connectivity index (χ0v) is 18.0. The van der Waals surface area contributed by atoms with Gasteiger partial charge in [-0.3, -0.25) is 4.99 Å². The Balaban J connectivity index is 1.32. The summed E-state index contributed by atoms with van der Waals surface area (Å²) in [6, 6.07) is 5.40. The second-order valence-corrected chi connectivity index (χ2v) is 7.72. The third kappa shape index (κ3) is 7.41. The van der Waals surface area contributed by atoms with E-state index in [-0.39, 0.29) is 5.82 Å². The maximum Gasteiger partial charge on any atom is 0.191 e. The van der Waals surface area contributed by atoms with Crippen molar-refractivity contribution in [2.24, 2.45) is 10.9 Å². The Hall–Kier alpha value is -1.90. The number of benzene rings is 1. The van der Waals surface area contributed by atoms with Crippen LogP contribution in [0.1, 0.15) is 24.8 Å². The van der Waals surface area contributed by atoms with Crippen molar-refractivity contribution in [3.05, 3.63) is 29.6 Å². The van der Waals surface area contributed by atoms with E-state index in [4.69, 9.17) is 14.2 Å². The molecule has 0 amide bonds. The standard InChI is InChI=1S/C22H35FN4O3/c1-24-22(25-7-2-10-30-17-18-5-11-28-12-6-18)26-16-19-3-4-21(20(23)15-19)27-8-13-29-14-9-27/h3-4,15,18H,2,5-14,16-17H2,1H3,(H2,24,25,26). The van der Waals surface area contributed by atoms with Crippen molar-refractivity contribution in [2.45, 2.75) is 25.8 Å². The predicted octanol–water partition coefficient (Wildman–Crippen LogP) is 2.16. The van der Waals surface area contributed by atoms with Crippen LogP contribution in [0.25, 0.3) is 0 Å². The van der Waals surface area contributed by atoms with Crippen LogP contribution in [0.4, 0.5) is 10.1 Å². The molecule has 3 rings (SSSR count). The average Bonchev–Trinajstić information content (AvgIpc) is 2.79. The van der Waals surface area contributed by atoms with Crippen molar-refractivity contribution in [3.8, 4) is 0 Å². The lowest BCUT2D eigenvalue weighted by molar-refractivity contribution is 0.0203. The third-order valence-electron chi connectivity index (χ3n) is 5.50. The Bertz CT molecular complexity index is 662. The first-order chi connectivity index (χ1) is 14.8. The smallest absolute Gasteiger partial charge is 0.191 e. The average molecular weight is 423 g/mol. The highest BCUT2D eigenvalue weighted by atomic mass is 19.1. The minimum Gasteiger partial charge on any atom is -0.381 e. The Labute approximate surface area is 179 Å². The highest BCUT2D eigenvalue weighted by molar-refractivity contribution is 5.79. The van der Waals surface area contributed by atoms with Gasteiger partial charge in [0, 0.05) is 59.7 Å². The van der Waals surface area contributed by atoms with Gasteiger partial charge in [-0.2, -0.15) is 0 Å². The number of rotatable bonds is 9. The fraction of sp³-hybridized carbons (Fsp3) is 0.682. The van der Waals surface area contributed by atoms with E-state index in [9.17, 15) is 4.39 Å². The lowest BCUT2D eigenvalue weighted by Gasteiger charge is -2.29. The van der Waals surface area contributed by atoms with Gasteiger partial charge in [0.2, 0.25) is 0 Å². The van der Waals surface area contributed by atoms with Crippen molar-refractivity contribution in [3.63, 3.8) is 0 Å². The quantitative estimate of drug-likeness (QED) is 0.361. The fourth-order valence-corrected chi connectivity index (χ4v) is 3.67. The molecule has 0 spiro atoms. The highest BCUT2D eigenvalue weighted by Gasteiger charge is 2.15. The molecule has 2 heterocycles. The Morgan fingerprint density at radius 1 is 1.17 bits per heavy atom. The van der Waals surface area contributed by atoms with Crippen molar-refractivity contribution in [2.75, 3.05) is 71.2 Å². The largest absolute Gasteiger partial charge is 0.381 e. The summed E-state index contributed by atoms with van der Waals surface area (Å²) in [6.07, 6.45) is 3.11. The predicted molar refractivity (Wildman–Crippen MR) is 117 cm³/mol. The molecule has 168 valence electrons. The first-order valence-electron chi connectivity index (χ1n) is 11.0. The first-order valence-corrected chi connectivity index (χ1v) is 11.0. The van der Waals surface area contributed by atoms with Crippen LogP contribution in [0.5, 0.6) is 0 Å². The molecular weight excluding hydrogens is 387 g/mol. The van der Waals surface area contributed by atoms with Gasteiger partial charge in [0.15, 0.2) is 5.96 Å². The summed E-state index contributed by atoms with van der Waals surface area (Å²) in [5, 5.41) is 6.52. The molecule has 8 heteroatoms. The number of ether oxygens (including phenoxy) is 3. The zero-order valence-electron chi connectivity index (χ0n) is 18.0. The second kappa shape index (κ2) is 12.7. The summed E-state index contributed by atoms with van der Waals surface area (Å²) in [4.78, 5) is 6.26. The number of nitrogens with zero attached hydrogens (tertiary/aromatic N) is 2. The van der Waals surface area contributed by atoms with Gasteiger partial charge in [0.05, 0.1) is 18.9 Å². The number of aliphatic imine (C=N–C) groups is 1. The summed E-state index contributed by atoms with van der Waals surface area (Å²) < 4.78 is 31.0. The Morgan fingerprint density at radius 2 is 1.93 bits per heavy atom. The Kier molecular flexibility index (Phi) is 9.66. The second-order valence-electron chi connectivity index (χ2n) is 7.72. The number of hydrogen-bond donors (Lipinski definition) is 2.